The number of nitrogens with two attached hydrogens (primary N) is 1. The van der Waals surface area contributed by atoms with Crippen LogP contribution >= 0.6 is 11.3 Å². The zero-order valence-corrected chi connectivity index (χ0v) is 12.7. The number of thiazole rings is 1. The number of hydrogen-bond donors (Lipinski definition) is 1. The Morgan fingerprint density at radius 1 is 1.40 bits per heavy atom. The summed E-state index contributed by atoms with van der Waals surface area (Å²) >= 11 is 1.30. The van der Waals surface area contributed by atoms with Crippen LogP contribution in [0.4, 0.5) is 4.79 Å². The minimum Gasteiger partial charge on any atom is -0.381 e. The molecule has 2 rings (SSSR count). The summed E-state index contributed by atoms with van der Waals surface area (Å²) in [5.41, 5.74) is 7.79. The second kappa shape index (κ2) is 5.20. The molecule has 0 atom stereocenters. The third-order valence-electron chi connectivity index (χ3n) is 2.76. The van der Waals surface area contributed by atoms with Gasteiger partial charge in [-0.2, -0.15) is 0 Å². The molecule has 0 saturated carbocycles. The van der Waals surface area contributed by atoms with Gasteiger partial charge in [-0.05, 0) is 24.6 Å². The summed E-state index contributed by atoms with van der Waals surface area (Å²) in [6, 6.07) is 3.96. The molecule has 2 N–H and O–H groups in total. The molecular formula is C14H17N3O2S. The average molecular weight is 291 g/mol. The van der Waals surface area contributed by atoms with Crippen molar-refractivity contribution in [1.29, 1.82) is 0 Å². The maximum absolute atomic E-state index is 10.8. The third kappa shape index (κ3) is 3.14. The van der Waals surface area contributed by atoms with Crippen molar-refractivity contribution >= 4 is 17.4 Å². The van der Waals surface area contributed by atoms with Gasteiger partial charge in [-0.3, -0.25) is 4.98 Å². The Morgan fingerprint density at radius 3 is 2.70 bits per heavy atom. The lowest BCUT2D eigenvalue weighted by molar-refractivity contribution is 0.210. The summed E-state index contributed by atoms with van der Waals surface area (Å²) in [5, 5.41) is 0.263. The van der Waals surface area contributed by atoms with Gasteiger partial charge in [0.1, 0.15) is 0 Å². The van der Waals surface area contributed by atoms with Gasteiger partial charge in [0.2, 0.25) is 0 Å². The predicted octanol–water partition coefficient (Wildman–Crippen LogP) is 3.27. The van der Waals surface area contributed by atoms with Crippen LogP contribution in [-0.4, -0.2) is 16.1 Å². The van der Waals surface area contributed by atoms with E-state index in [-0.39, 0.29) is 10.6 Å². The number of ether oxygens (including phenoxy) is 1. The first kappa shape index (κ1) is 14.5. The molecule has 0 bridgehead atoms. The number of aromatic nitrogens is 2. The number of rotatable bonds is 2. The van der Waals surface area contributed by atoms with E-state index in [0.29, 0.717) is 0 Å². The van der Waals surface area contributed by atoms with E-state index in [1.54, 1.807) is 6.20 Å². The Balaban J connectivity index is 2.41. The number of primary amides is 1. The summed E-state index contributed by atoms with van der Waals surface area (Å²) in [7, 11) is 0. The van der Waals surface area contributed by atoms with Crippen molar-refractivity contribution in [2.45, 2.75) is 33.1 Å². The van der Waals surface area contributed by atoms with Gasteiger partial charge in [-0.25, -0.2) is 9.78 Å². The highest BCUT2D eigenvalue weighted by Gasteiger charge is 2.18. The van der Waals surface area contributed by atoms with Crippen molar-refractivity contribution in [3.63, 3.8) is 0 Å². The molecule has 0 aromatic carbocycles. The summed E-state index contributed by atoms with van der Waals surface area (Å²) in [6.07, 6.45) is 0.930. The van der Waals surface area contributed by atoms with Gasteiger partial charge in [0.15, 0.2) is 0 Å². The Kier molecular flexibility index (Phi) is 3.76. The molecule has 0 fully saturated rings. The SMILES string of the molecule is Cc1nc(OC(N)=O)sc1-c1ccnc(C(C)(C)C)c1. The summed E-state index contributed by atoms with van der Waals surface area (Å²) in [6.45, 7) is 8.21. The normalized spacial score (nSPS) is 11.4. The van der Waals surface area contributed by atoms with Gasteiger partial charge in [-0.1, -0.05) is 32.1 Å². The van der Waals surface area contributed by atoms with E-state index in [4.69, 9.17) is 10.5 Å². The molecule has 2 aromatic heterocycles. The lowest BCUT2D eigenvalue weighted by atomic mass is 9.90. The van der Waals surface area contributed by atoms with Crippen LogP contribution in [-0.2, 0) is 5.41 Å². The van der Waals surface area contributed by atoms with E-state index in [1.165, 1.54) is 11.3 Å². The van der Waals surface area contributed by atoms with Crippen LogP contribution in [0.15, 0.2) is 18.3 Å². The van der Waals surface area contributed by atoms with Crippen LogP contribution in [0.2, 0.25) is 0 Å². The lowest BCUT2D eigenvalue weighted by Crippen LogP contribution is -2.15. The van der Waals surface area contributed by atoms with Gasteiger partial charge >= 0.3 is 6.09 Å². The van der Waals surface area contributed by atoms with Crippen molar-refractivity contribution in [2.75, 3.05) is 0 Å². The highest BCUT2D eigenvalue weighted by molar-refractivity contribution is 7.17. The first-order chi connectivity index (χ1) is 9.27. The number of carbonyl (C=O) groups is 1. The topological polar surface area (TPSA) is 78.1 Å². The first-order valence-corrected chi connectivity index (χ1v) is 7.00. The first-order valence-electron chi connectivity index (χ1n) is 6.19. The molecule has 0 saturated heterocycles. The largest absolute Gasteiger partial charge is 0.411 e. The van der Waals surface area contributed by atoms with E-state index in [1.807, 2.05) is 19.1 Å². The van der Waals surface area contributed by atoms with Gasteiger partial charge in [0.05, 0.1) is 10.6 Å². The van der Waals surface area contributed by atoms with E-state index in [9.17, 15) is 4.79 Å². The Hall–Kier alpha value is -1.95. The van der Waals surface area contributed by atoms with Crippen LogP contribution in [0.5, 0.6) is 5.19 Å². The smallest absolute Gasteiger partial charge is 0.381 e. The zero-order valence-electron chi connectivity index (χ0n) is 11.9. The van der Waals surface area contributed by atoms with E-state index < -0.39 is 6.09 Å². The maximum Gasteiger partial charge on any atom is 0.411 e. The fourth-order valence-electron chi connectivity index (χ4n) is 1.75. The molecule has 1 amide bonds. The summed E-state index contributed by atoms with van der Waals surface area (Å²) < 4.78 is 4.83. The molecule has 0 spiro atoms. The Labute approximate surface area is 121 Å². The lowest BCUT2D eigenvalue weighted by Gasteiger charge is -2.18. The molecule has 0 unspecified atom stereocenters. The van der Waals surface area contributed by atoms with Crippen molar-refractivity contribution in [3.05, 3.63) is 29.7 Å². The summed E-state index contributed by atoms with van der Waals surface area (Å²) in [5.74, 6) is 0. The fourth-order valence-corrected chi connectivity index (χ4v) is 2.67. The molecule has 0 radical (unpaired) electrons. The minimum absolute atomic E-state index is 0.0266. The Morgan fingerprint density at radius 2 is 2.10 bits per heavy atom. The predicted molar refractivity (Wildman–Crippen MR) is 79.0 cm³/mol. The monoisotopic (exact) mass is 291 g/mol. The molecule has 5 nitrogen and oxygen atoms in total. The van der Waals surface area contributed by atoms with Gasteiger partial charge in [0.25, 0.3) is 5.19 Å². The molecule has 0 aliphatic heterocycles. The average Bonchev–Trinajstić information content (AvgIpc) is 2.68. The molecule has 20 heavy (non-hydrogen) atoms. The van der Waals surface area contributed by atoms with Gasteiger partial charge in [-0.15, -0.1) is 0 Å². The summed E-state index contributed by atoms with van der Waals surface area (Å²) in [4.78, 5) is 20.3. The molecule has 0 aliphatic rings. The van der Waals surface area contributed by atoms with Crippen LogP contribution in [0.3, 0.4) is 0 Å². The van der Waals surface area contributed by atoms with E-state index >= 15 is 0 Å². The fraction of sp³-hybridized carbons (Fsp3) is 0.357. The molecule has 0 aliphatic carbocycles. The van der Waals surface area contributed by atoms with Gasteiger partial charge in [0, 0.05) is 17.3 Å². The second-order valence-corrected chi connectivity index (χ2v) is 6.46. The quantitative estimate of drug-likeness (QED) is 0.921. The molecule has 2 heterocycles. The number of nitrogens with zero attached hydrogens (tertiary/aromatic N) is 2. The maximum atomic E-state index is 10.8. The van der Waals surface area contributed by atoms with Crippen LogP contribution in [0.1, 0.15) is 32.2 Å². The number of aryl methyl sites for hydroxylation is 1. The van der Waals surface area contributed by atoms with Crippen LogP contribution < -0.4 is 10.5 Å². The van der Waals surface area contributed by atoms with Crippen LogP contribution in [0.25, 0.3) is 10.4 Å². The molecule has 106 valence electrons. The van der Waals surface area contributed by atoms with Gasteiger partial charge < -0.3 is 10.5 Å². The van der Waals surface area contributed by atoms with Crippen molar-refractivity contribution in [2.24, 2.45) is 5.73 Å². The molecule has 6 heteroatoms. The van der Waals surface area contributed by atoms with Crippen molar-refractivity contribution in [3.8, 4) is 15.6 Å². The molecule has 2 aromatic rings. The van der Waals surface area contributed by atoms with Crippen molar-refractivity contribution in [1.82, 2.24) is 9.97 Å². The second-order valence-electron chi connectivity index (χ2n) is 5.50. The van der Waals surface area contributed by atoms with E-state index in [0.717, 1.165) is 21.8 Å². The standard InChI is InChI=1S/C14H17N3O2S/c1-8-11(20-13(17-8)19-12(15)18)9-5-6-16-10(7-9)14(2,3)4/h5-7H,1-4H3,(H2,15,18). The zero-order chi connectivity index (χ0) is 14.9. The highest BCUT2D eigenvalue weighted by Crippen LogP contribution is 2.35. The van der Waals surface area contributed by atoms with Crippen LogP contribution in [0, 0.1) is 6.92 Å². The van der Waals surface area contributed by atoms with Crippen molar-refractivity contribution < 1.29 is 9.53 Å². The van der Waals surface area contributed by atoms with E-state index in [2.05, 4.69) is 30.7 Å². The minimum atomic E-state index is -0.851. The third-order valence-corrected chi connectivity index (χ3v) is 3.84. The highest BCUT2D eigenvalue weighted by atomic mass is 32.1. The number of pyridine rings is 1. The Bertz CT molecular complexity index is 644. The number of carbonyl (C=O) groups excluding carboxylic acids is 1. The molecular weight excluding hydrogens is 274 g/mol. The number of hydrogen-bond acceptors (Lipinski definition) is 5. The number of amides is 1.